The minimum Gasteiger partial charge on any atom is -0.477 e. The first kappa shape index (κ1) is 18.6. The van der Waals surface area contributed by atoms with Gasteiger partial charge >= 0.3 is 5.97 Å². The van der Waals surface area contributed by atoms with Crippen LogP contribution < -0.4 is 21.4 Å². The minimum absolute atomic E-state index is 0.0559. The largest absolute Gasteiger partial charge is 0.477 e. The Morgan fingerprint density at radius 1 is 1.32 bits per heavy atom. The summed E-state index contributed by atoms with van der Waals surface area (Å²) in [7, 11) is 0. The summed E-state index contributed by atoms with van der Waals surface area (Å²) in [5, 5.41) is 12.0. The molecule has 10 heteroatoms. The SMILES string of the molecule is NC(=S)NC1CCN(c2c(F)cc3c(=O)c(C(=O)O)cn(C4CC4)c3c2F)C1. The molecule has 1 aromatic heterocycles. The third kappa shape index (κ3) is 3.07. The van der Waals surface area contributed by atoms with Crippen LogP contribution >= 0.6 is 12.2 Å². The fourth-order valence-corrected chi connectivity index (χ4v) is 3.96. The molecule has 1 unspecified atom stereocenters. The molecule has 2 aromatic rings. The van der Waals surface area contributed by atoms with Crippen molar-refractivity contribution in [2.45, 2.75) is 31.3 Å². The molecule has 148 valence electrons. The maximum Gasteiger partial charge on any atom is 0.341 e. The number of pyridine rings is 1. The van der Waals surface area contributed by atoms with Gasteiger partial charge in [-0.25, -0.2) is 13.6 Å². The van der Waals surface area contributed by atoms with Crippen LogP contribution in [0.2, 0.25) is 0 Å². The Labute approximate surface area is 163 Å². The van der Waals surface area contributed by atoms with Crippen molar-refractivity contribution in [2.75, 3.05) is 18.0 Å². The molecule has 2 heterocycles. The third-order valence-corrected chi connectivity index (χ3v) is 5.32. The Morgan fingerprint density at radius 2 is 2.04 bits per heavy atom. The number of nitrogens with one attached hydrogen (secondary N) is 1. The van der Waals surface area contributed by atoms with E-state index in [-0.39, 0.29) is 33.8 Å². The van der Waals surface area contributed by atoms with Crippen LogP contribution in [0.4, 0.5) is 14.5 Å². The molecule has 2 aliphatic rings. The Balaban J connectivity index is 1.87. The van der Waals surface area contributed by atoms with Crippen LogP contribution in [0.25, 0.3) is 10.9 Å². The van der Waals surface area contributed by atoms with Crippen LogP contribution in [0.15, 0.2) is 17.1 Å². The van der Waals surface area contributed by atoms with Gasteiger partial charge in [0.1, 0.15) is 17.1 Å². The van der Waals surface area contributed by atoms with E-state index in [0.29, 0.717) is 19.5 Å². The zero-order chi connectivity index (χ0) is 20.2. The van der Waals surface area contributed by atoms with Crippen molar-refractivity contribution in [3.63, 3.8) is 0 Å². The van der Waals surface area contributed by atoms with E-state index in [1.54, 1.807) is 4.90 Å². The lowest BCUT2D eigenvalue weighted by molar-refractivity contribution is 0.0695. The quantitative estimate of drug-likeness (QED) is 0.663. The van der Waals surface area contributed by atoms with Gasteiger partial charge in [-0.1, -0.05) is 0 Å². The van der Waals surface area contributed by atoms with E-state index >= 15 is 4.39 Å². The summed E-state index contributed by atoms with van der Waals surface area (Å²) in [6, 6.07) is 0.707. The van der Waals surface area contributed by atoms with Gasteiger partial charge in [0.15, 0.2) is 10.9 Å². The third-order valence-electron chi connectivity index (χ3n) is 5.21. The van der Waals surface area contributed by atoms with Crippen LogP contribution in [-0.4, -0.2) is 39.9 Å². The van der Waals surface area contributed by atoms with Gasteiger partial charge in [0.25, 0.3) is 0 Å². The zero-order valence-corrected chi connectivity index (χ0v) is 15.6. The van der Waals surface area contributed by atoms with Gasteiger partial charge in [0.05, 0.1) is 10.9 Å². The molecular weight excluding hydrogens is 390 g/mol. The summed E-state index contributed by atoms with van der Waals surface area (Å²) in [4.78, 5) is 25.4. The van der Waals surface area contributed by atoms with Crippen LogP contribution in [0.1, 0.15) is 35.7 Å². The molecule has 0 amide bonds. The highest BCUT2D eigenvalue weighted by Crippen LogP contribution is 2.40. The van der Waals surface area contributed by atoms with Crippen molar-refractivity contribution in [1.82, 2.24) is 9.88 Å². The average molecular weight is 408 g/mol. The molecule has 1 aromatic carbocycles. The van der Waals surface area contributed by atoms with Crippen LogP contribution in [0.3, 0.4) is 0 Å². The number of nitrogens with two attached hydrogens (primary N) is 1. The normalized spacial score (nSPS) is 19.2. The highest BCUT2D eigenvalue weighted by molar-refractivity contribution is 7.80. The van der Waals surface area contributed by atoms with Gasteiger partial charge in [0.2, 0.25) is 5.43 Å². The predicted octanol–water partition coefficient (Wildman–Crippen LogP) is 1.72. The first-order valence-electron chi connectivity index (χ1n) is 8.89. The molecule has 1 aliphatic carbocycles. The second kappa shape index (κ2) is 6.69. The summed E-state index contributed by atoms with van der Waals surface area (Å²) in [5.74, 6) is -3.17. The number of carboxylic acids is 1. The summed E-state index contributed by atoms with van der Waals surface area (Å²) < 4.78 is 31.8. The molecule has 0 bridgehead atoms. The molecule has 1 saturated heterocycles. The summed E-state index contributed by atoms with van der Waals surface area (Å²) in [5.41, 5.74) is 3.81. The zero-order valence-electron chi connectivity index (χ0n) is 14.7. The molecule has 1 aliphatic heterocycles. The van der Waals surface area contributed by atoms with E-state index in [1.165, 1.54) is 4.57 Å². The highest BCUT2D eigenvalue weighted by Gasteiger charge is 2.33. The smallest absolute Gasteiger partial charge is 0.341 e. The van der Waals surface area contributed by atoms with E-state index in [1.807, 2.05) is 0 Å². The van der Waals surface area contributed by atoms with Crippen molar-refractivity contribution >= 4 is 39.9 Å². The number of rotatable bonds is 4. The van der Waals surface area contributed by atoms with Gasteiger partial charge in [0, 0.05) is 31.4 Å². The number of thiocarbonyl (C=S) groups is 1. The molecule has 2 fully saturated rings. The number of fused-ring (bicyclic) bond motifs is 1. The van der Waals surface area contributed by atoms with Crippen molar-refractivity contribution in [3.8, 4) is 0 Å². The topological polar surface area (TPSA) is 101 Å². The van der Waals surface area contributed by atoms with E-state index in [2.05, 4.69) is 5.32 Å². The number of anilines is 1. The Morgan fingerprint density at radius 3 is 2.64 bits per heavy atom. The maximum atomic E-state index is 15.5. The lowest BCUT2D eigenvalue weighted by Gasteiger charge is -2.22. The number of halogens is 2. The number of aromatic carboxylic acids is 1. The number of nitrogens with zero attached hydrogens (tertiary/aromatic N) is 2. The summed E-state index contributed by atoms with van der Waals surface area (Å²) >= 11 is 4.82. The van der Waals surface area contributed by atoms with E-state index in [9.17, 15) is 19.1 Å². The first-order valence-corrected chi connectivity index (χ1v) is 9.29. The van der Waals surface area contributed by atoms with Crippen molar-refractivity contribution in [3.05, 3.63) is 39.7 Å². The molecule has 4 N–H and O–H groups in total. The van der Waals surface area contributed by atoms with Gasteiger partial charge < -0.3 is 25.6 Å². The fraction of sp³-hybridized carbons (Fsp3) is 0.389. The van der Waals surface area contributed by atoms with Gasteiger partial charge in [-0.2, -0.15) is 0 Å². The second-order valence-electron chi connectivity index (χ2n) is 7.17. The standard InChI is InChI=1S/C18H18F2N4O3S/c19-12-5-10-14(24(9-1-2-9)7-11(16(10)25)17(26)27)13(20)15(12)23-4-3-8(6-23)22-18(21)28/h5,7-9H,1-4,6H2,(H,26,27)(H3,21,22,28). The van der Waals surface area contributed by atoms with E-state index < -0.39 is 28.6 Å². The Kier molecular flexibility index (Phi) is 4.45. The highest BCUT2D eigenvalue weighted by atomic mass is 32.1. The maximum absolute atomic E-state index is 15.5. The number of benzene rings is 1. The van der Waals surface area contributed by atoms with Crippen LogP contribution in [-0.2, 0) is 0 Å². The van der Waals surface area contributed by atoms with Crippen molar-refractivity contribution < 1.29 is 18.7 Å². The lowest BCUT2D eigenvalue weighted by atomic mass is 10.1. The predicted molar refractivity (Wildman–Crippen MR) is 104 cm³/mol. The number of carbonyl (C=O) groups is 1. The molecule has 7 nitrogen and oxygen atoms in total. The molecule has 0 spiro atoms. The molecule has 1 atom stereocenters. The Hall–Kier alpha value is -2.75. The minimum atomic E-state index is -1.42. The number of carboxylic acid groups (broad SMARTS) is 1. The number of hydrogen-bond acceptors (Lipinski definition) is 4. The van der Waals surface area contributed by atoms with Gasteiger partial charge in [-0.05, 0) is 37.5 Å². The van der Waals surface area contributed by atoms with E-state index in [4.69, 9.17) is 18.0 Å². The first-order chi connectivity index (χ1) is 13.3. The number of hydrogen-bond donors (Lipinski definition) is 3. The molecule has 28 heavy (non-hydrogen) atoms. The Bertz CT molecular complexity index is 1070. The van der Waals surface area contributed by atoms with Gasteiger partial charge in [-0.15, -0.1) is 0 Å². The monoisotopic (exact) mass is 408 g/mol. The van der Waals surface area contributed by atoms with Crippen molar-refractivity contribution in [1.29, 1.82) is 0 Å². The second-order valence-corrected chi connectivity index (χ2v) is 7.61. The summed E-state index contributed by atoms with van der Waals surface area (Å²) in [6.45, 7) is 0.693. The average Bonchev–Trinajstić information content (AvgIpc) is 3.36. The number of aromatic nitrogens is 1. The molecule has 1 saturated carbocycles. The van der Waals surface area contributed by atoms with Crippen LogP contribution in [0, 0.1) is 11.6 Å². The molecule has 0 radical (unpaired) electrons. The van der Waals surface area contributed by atoms with Crippen molar-refractivity contribution in [2.24, 2.45) is 5.73 Å². The van der Waals surface area contributed by atoms with E-state index in [0.717, 1.165) is 25.1 Å². The molecule has 4 rings (SSSR count). The molecular formula is C18H18F2N4O3S. The van der Waals surface area contributed by atoms with Gasteiger partial charge in [-0.3, -0.25) is 4.79 Å². The fourth-order valence-electron chi connectivity index (χ4n) is 3.80. The summed E-state index contributed by atoms with van der Waals surface area (Å²) in [6.07, 6.45) is 3.25. The lowest BCUT2D eigenvalue weighted by Crippen LogP contribution is -2.40. The van der Waals surface area contributed by atoms with Crippen LogP contribution in [0.5, 0.6) is 0 Å².